The zero-order chi connectivity index (χ0) is 23.5. The molecule has 32 heavy (non-hydrogen) atoms. The second-order valence-electron chi connectivity index (χ2n) is 6.98. The van der Waals surface area contributed by atoms with E-state index < -0.39 is 20.1 Å². The van der Waals surface area contributed by atoms with Crippen LogP contribution >= 0.6 is 0 Å². The van der Waals surface area contributed by atoms with Crippen LogP contribution in [-0.4, -0.2) is 31.1 Å². The first kappa shape index (κ1) is 23.4. The van der Waals surface area contributed by atoms with Crippen molar-refractivity contribution in [1.29, 1.82) is 0 Å². The van der Waals surface area contributed by atoms with E-state index in [0.717, 1.165) is 11.1 Å². The molecular weight excluding hydrogens is 454 g/mol. The third-order valence-corrected chi connectivity index (χ3v) is 7.18. The van der Waals surface area contributed by atoms with Crippen LogP contribution < -0.4 is 18.4 Å². The Morgan fingerprint density at radius 2 is 1.12 bits per heavy atom. The van der Waals surface area contributed by atoms with Crippen LogP contribution in [0, 0.1) is 13.8 Å². The highest BCUT2D eigenvalue weighted by Gasteiger charge is 2.24. The van der Waals surface area contributed by atoms with Gasteiger partial charge in [0, 0.05) is 12.1 Å². The number of methoxy groups -OCH3 is 2. The molecule has 0 unspecified atom stereocenters. The van der Waals surface area contributed by atoms with Crippen molar-refractivity contribution < 1.29 is 30.5 Å². The number of sulfonamides is 1. The van der Waals surface area contributed by atoms with Gasteiger partial charge in [0.05, 0.1) is 24.8 Å². The molecule has 0 bridgehead atoms. The molecule has 0 saturated heterocycles. The Bertz CT molecular complexity index is 1290. The zero-order valence-electron chi connectivity index (χ0n) is 17.9. The fourth-order valence-corrected chi connectivity index (χ4v) is 4.80. The Balaban J connectivity index is 1.98. The molecule has 0 aromatic heterocycles. The van der Waals surface area contributed by atoms with Crippen molar-refractivity contribution in [1.82, 2.24) is 0 Å². The molecule has 0 atom stereocenters. The summed E-state index contributed by atoms with van der Waals surface area (Å²) in [5.74, 6) is -0.253. The molecule has 1 N–H and O–H groups in total. The quantitative estimate of drug-likeness (QED) is 0.490. The molecule has 3 aromatic carbocycles. The number of anilines is 1. The average molecular weight is 478 g/mol. The number of benzene rings is 3. The smallest absolute Gasteiger partial charge is 0.339 e. The van der Waals surface area contributed by atoms with Crippen LogP contribution in [0.3, 0.4) is 0 Å². The molecule has 0 spiro atoms. The number of hydrogen-bond acceptors (Lipinski definition) is 7. The molecule has 0 aliphatic carbocycles. The van der Waals surface area contributed by atoms with Crippen LogP contribution in [0.4, 0.5) is 5.69 Å². The Hall–Kier alpha value is -3.24. The topological polar surface area (TPSA) is 108 Å². The third kappa shape index (κ3) is 5.14. The van der Waals surface area contributed by atoms with Crippen LogP contribution in [-0.2, 0) is 20.1 Å². The van der Waals surface area contributed by atoms with Crippen molar-refractivity contribution in [2.45, 2.75) is 23.6 Å². The lowest BCUT2D eigenvalue weighted by molar-refractivity contribution is 0.361. The average Bonchev–Trinajstić information content (AvgIpc) is 2.74. The summed E-state index contributed by atoms with van der Waals surface area (Å²) in [6, 6.07) is 15.1. The summed E-state index contributed by atoms with van der Waals surface area (Å²) in [5, 5.41) is 0. The van der Waals surface area contributed by atoms with Crippen molar-refractivity contribution in [2.24, 2.45) is 0 Å². The van der Waals surface area contributed by atoms with Crippen LogP contribution in [0.2, 0.25) is 0 Å². The molecule has 0 amide bonds. The predicted octanol–water partition coefficient (Wildman–Crippen LogP) is 3.89. The first-order chi connectivity index (χ1) is 15.1. The van der Waals surface area contributed by atoms with E-state index in [1.54, 1.807) is 24.3 Å². The summed E-state index contributed by atoms with van der Waals surface area (Å²) in [5.41, 5.74) is 1.92. The number of rotatable bonds is 8. The highest BCUT2D eigenvalue weighted by atomic mass is 32.2. The molecule has 10 heteroatoms. The van der Waals surface area contributed by atoms with Crippen molar-refractivity contribution in [3.63, 3.8) is 0 Å². The number of nitrogens with one attached hydrogen (secondary N) is 1. The Labute approximate surface area is 187 Å². The summed E-state index contributed by atoms with van der Waals surface area (Å²) >= 11 is 0. The maximum absolute atomic E-state index is 12.7. The lowest BCUT2D eigenvalue weighted by Crippen LogP contribution is -2.14. The maximum atomic E-state index is 12.7. The van der Waals surface area contributed by atoms with E-state index in [1.165, 1.54) is 50.6 Å². The summed E-state index contributed by atoms with van der Waals surface area (Å²) in [6.07, 6.45) is 0. The summed E-state index contributed by atoms with van der Waals surface area (Å²) in [7, 11) is -5.48. The maximum Gasteiger partial charge on any atom is 0.339 e. The van der Waals surface area contributed by atoms with Crippen LogP contribution in [0.15, 0.2) is 70.5 Å². The van der Waals surface area contributed by atoms with Gasteiger partial charge in [-0.1, -0.05) is 35.4 Å². The highest BCUT2D eigenvalue weighted by Crippen LogP contribution is 2.42. The van der Waals surface area contributed by atoms with Crippen molar-refractivity contribution in [3.05, 3.63) is 71.8 Å². The fourth-order valence-electron chi connectivity index (χ4n) is 2.82. The minimum Gasteiger partial charge on any atom is -0.493 e. The fraction of sp³-hybridized carbons (Fsp3) is 0.182. The van der Waals surface area contributed by atoms with Gasteiger partial charge in [0.2, 0.25) is 5.75 Å². The monoisotopic (exact) mass is 477 g/mol. The van der Waals surface area contributed by atoms with E-state index in [4.69, 9.17) is 13.7 Å². The van der Waals surface area contributed by atoms with Gasteiger partial charge in [0.15, 0.2) is 11.5 Å². The van der Waals surface area contributed by atoms with E-state index in [2.05, 4.69) is 4.72 Å². The van der Waals surface area contributed by atoms with Crippen molar-refractivity contribution >= 4 is 25.8 Å². The molecule has 0 heterocycles. The van der Waals surface area contributed by atoms with Crippen molar-refractivity contribution in [2.75, 3.05) is 18.9 Å². The first-order valence-electron chi connectivity index (χ1n) is 9.42. The second kappa shape index (κ2) is 9.09. The van der Waals surface area contributed by atoms with Gasteiger partial charge >= 0.3 is 10.1 Å². The largest absolute Gasteiger partial charge is 0.493 e. The minimum atomic E-state index is -4.19. The number of ether oxygens (including phenoxy) is 2. The minimum absolute atomic E-state index is 0.0263. The van der Waals surface area contributed by atoms with Gasteiger partial charge in [-0.3, -0.25) is 4.72 Å². The molecule has 0 fully saturated rings. The normalized spacial score (nSPS) is 11.6. The van der Waals surface area contributed by atoms with Gasteiger partial charge in [0.1, 0.15) is 4.90 Å². The molecule has 3 rings (SSSR count). The lowest BCUT2D eigenvalue weighted by Gasteiger charge is -2.17. The summed E-state index contributed by atoms with van der Waals surface area (Å²) < 4.78 is 69.2. The van der Waals surface area contributed by atoms with Crippen LogP contribution in [0.1, 0.15) is 11.1 Å². The lowest BCUT2D eigenvalue weighted by atomic mass is 10.2. The van der Waals surface area contributed by atoms with Crippen LogP contribution in [0.5, 0.6) is 17.2 Å². The highest BCUT2D eigenvalue weighted by molar-refractivity contribution is 7.92. The molecular formula is C22H23NO7S2. The second-order valence-corrected chi connectivity index (χ2v) is 10.2. The zero-order valence-corrected chi connectivity index (χ0v) is 19.6. The van der Waals surface area contributed by atoms with E-state index in [1.807, 2.05) is 13.8 Å². The van der Waals surface area contributed by atoms with Crippen LogP contribution in [0.25, 0.3) is 0 Å². The Morgan fingerprint density at radius 3 is 1.56 bits per heavy atom. The van der Waals surface area contributed by atoms with E-state index in [-0.39, 0.29) is 32.7 Å². The van der Waals surface area contributed by atoms with Gasteiger partial charge < -0.3 is 13.7 Å². The van der Waals surface area contributed by atoms with E-state index in [9.17, 15) is 16.8 Å². The standard InChI is InChI=1S/C22H23NO7S2/c1-15-5-9-18(10-6-15)31(24,25)23-17-13-20(28-3)22(21(14-17)29-4)30-32(26,27)19-11-7-16(2)8-12-19/h5-14,23H,1-4H3. The molecule has 0 aliphatic rings. The Kier molecular flexibility index (Phi) is 6.65. The first-order valence-corrected chi connectivity index (χ1v) is 12.3. The Morgan fingerprint density at radius 1 is 0.688 bits per heavy atom. The van der Waals surface area contributed by atoms with E-state index >= 15 is 0 Å². The van der Waals surface area contributed by atoms with Gasteiger partial charge in [-0.2, -0.15) is 8.42 Å². The van der Waals surface area contributed by atoms with Gasteiger partial charge in [-0.15, -0.1) is 0 Å². The SMILES string of the molecule is COc1cc(NS(=O)(=O)c2ccc(C)cc2)cc(OC)c1OS(=O)(=O)c1ccc(C)cc1. The molecule has 0 radical (unpaired) electrons. The predicted molar refractivity (Wildman–Crippen MR) is 121 cm³/mol. The summed E-state index contributed by atoms with van der Waals surface area (Å²) in [6.45, 7) is 3.68. The molecule has 3 aromatic rings. The van der Waals surface area contributed by atoms with Crippen molar-refractivity contribution in [3.8, 4) is 17.2 Å². The van der Waals surface area contributed by atoms with E-state index in [0.29, 0.717) is 0 Å². The number of aryl methyl sites for hydroxylation is 2. The van der Waals surface area contributed by atoms with Gasteiger partial charge in [0.25, 0.3) is 10.0 Å². The van der Waals surface area contributed by atoms with Gasteiger partial charge in [-0.05, 0) is 38.1 Å². The number of hydrogen-bond donors (Lipinski definition) is 1. The third-order valence-electron chi connectivity index (χ3n) is 4.55. The molecule has 0 saturated carbocycles. The molecule has 170 valence electrons. The summed E-state index contributed by atoms with van der Waals surface area (Å²) in [4.78, 5) is 0.0275. The molecule has 0 aliphatic heterocycles. The van der Waals surface area contributed by atoms with Gasteiger partial charge in [-0.25, -0.2) is 8.42 Å². The molecule has 8 nitrogen and oxygen atoms in total.